The fourth-order valence-corrected chi connectivity index (χ4v) is 2.21. The Morgan fingerprint density at radius 2 is 1.74 bits per heavy atom. The first kappa shape index (κ1) is 14.3. The highest BCUT2D eigenvalue weighted by Gasteiger charge is 2.17. The Morgan fingerprint density at radius 1 is 1.00 bits per heavy atom. The second kappa shape index (κ2) is 5.87. The lowest BCUT2D eigenvalue weighted by Gasteiger charge is -2.18. The van der Waals surface area contributed by atoms with Crippen molar-refractivity contribution in [3.05, 3.63) is 69.2 Å². The fraction of sp³-hybridized carbons (Fsp3) is 0.143. The van der Waals surface area contributed by atoms with Crippen molar-refractivity contribution in [2.45, 2.75) is 6.04 Å². The predicted octanol–water partition coefficient (Wildman–Crippen LogP) is 4.58. The molecule has 100 valence electrons. The number of nitrogens with one attached hydrogen (secondary N) is 1. The third kappa shape index (κ3) is 3.06. The zero-order valence-electron chi connectivity index (χ0n) is 10.1. The second-order valence-electron chi connectivity index (χ2n) is 4.06. The van der Waals surface area contributed by atoms with Crippen LogP contribution >= 0.6 is 23.2 Å². The summed E-state index contributed by atoms with van der Waals surface area (Å²) in [6.45, 7) is 0. The van der Waals surface area contributed by atoms with Crippen molar-refractivity contribution < 1.29 is 8.78 Å². The molecule has 2 aromatic carbocycles. The summed E-state index contributed by atoms with van der Waals surface area (Å²) in [5, 5.41) is 3.30. The van der Waals surface area contributed by atoms with Gasteiger partial charge >= 0.3 is 0 Å². The van der Waals surface area contributed by atoms with Crippen LogP contribution in [0, 0.1) is 11.6 Å². The van der Waals surface area contributed by atoms with Crippen molar-refractivity contribution in [3.63, 3.8) is 0 Å². The first-order valence-electron chi connectivity index (χ1n) is 5.60. The molecule has 0 aliphatic carbocycles. The molecule has 1 atom stereocenters. The number of halogens is 4. The summed E-state index contributed by atoms with van der Waals surface area (Å²) < 4.78 is 27.4. The lowest BCUT2D eigenvalue weighted by molar-refractivity contribution is 0.571. The third-order valence-corrected chi connectivity index (χ3v) is 3.38. The molecule has 0 amide bonds. The molecule has 2 aromatic rings. The summed E-state index contributed by atoms with van der Waals surface area (Å²) in [6.07, 6.45) is 0. The van der Waals surface area contributed by atoms with Gasteiger partial charge in [0.25, 0.3) is 0 Å². The maximum Gasteiger partial charge on any atom is 0.142 e. The highest BCUT2D eigenvalue weighted by Crippen LogP contribution is 2.28. The molecule has 0 aliphatic heterocycles. The summed E-state index contributed by atoms with van der Waals surface area (Å²) in [4.78, 5) is 0. The van der Waals surface area contributed by atoms with Crippen molar-refractivity contribution in [2.75, 3.05) is 7.05 Å². The van der Waals surface area contributed by atoms with Gasteiger partial charge in [0.15, 0.2) is 0 Å². The maximum atomic E-state index is 13.9. The van der Waals surface area contributed by atoms with E-state index in [-0.39, 0.29) is 5.02 Å². The summed E-state index contributed by atoms with van der Waals surface area (Å²) in [7, 11) is 1.67. The lowest BCUT2D eigenvalue weighted by Crippen LogP contribution is -2.19. The van der Waals surface area contributed by atoms with Gasteiger partial charge < -0.3 is 5.32 Å². The second-order valence-corrected chi connectivity index (χ2v) is 4.90. The topological polar surface area (TPSA) is 12.0 Å². The van der Waals surface area contributed by atoms with Gasteiger partial charge in [-0.2, -0.15) is 0 Å². The Hall–Kier alpha value is -1.16. The number of benzene rings is 2. The van der Waals surface area contributed by atoms with Crippen molar-refractivity contribution in [2.24, 2.45) is 0 Å². The molecule has 2 rings (SSSR count). The monoisotopic (exact) mass is 301 g/mol. The molecule has 5 heteroatoms. The Labute approximate surface area is 120 Å². The summed E-state index contributed by atoms with van der Waals surface area (Å²) in [5.41, 5.74) is 0.985. The zero-order chi connectivity index (χ0) is 14.0. The van der Waals surface area contributed by atoms with Gasteiger partial charge in [0.2, 0.25) is 0 Å². The number of hydrogen-bond acceptors (Lipinski definition) is 1. The first-order chi connectivity index (χ1) is 9.02. The first-order valence-corrected chi connectivity index (χ1v) is 6.35. The Bertz CT molecular complexity index is 602. The van der Waals surface area contributed by atoms with E-state index in [1.54, 1.807) is 25.2 Å². The van der Waals surface area contributed by atoms with Crippen molar-refractivity contribution in [1.82, 2.24) is 5.32 Å². The molecule has 0 saturated carbocycles. The van der Waals surface area contributed by atoms with Crippen LogP contribution < -0.4 is 5.32 Å². The summed E-state index contributed by atoms with van der Waals surface area (Å²) in [5.74, 6) is -0.976. The number of hydrogen-bond donors (Lipinski definition) is 1. The van der Waals surface area contributed by atoms with Crippen LogP contribution in [0.15, 0.2) is 36.4 Å². The minimum Gasteiger partial charge on any atom is -0.309 e. The van der Waals surface area contributed by atoms with Crippen LogP contribution in [0.3, 0.4) is 0 Å². The molecule has 0 bridgehead atoms. The van der Waals surface area contributed by atoms with Crippen LogP contribution in [0.5, 0.6) is 0 Å². The van der Waals surface area contributed by atoms with Crippen molar-refractivity contribution in [1.29, 1.82) is 0 Å². The molecular weight excluding hydrogens is 291 g/mol. The highest BCUT2D eigenvalue weighted by molar-refractivity contribution is 6.31. The zero-order valence-corrected chi connectivity index (χ0v) is 11.6. The molecule has 0 radical (unpaired) electrons. The molecule has 0 fully saturated rings. The van der Waals surface area contributed by atoms with Crippen LogP contribution in [0.4, 0.5) is 8.78 Å². The normalized spacial score (nSPS) is 12.5. The molecule has 0 heterocycles. The van der Waals surface area contributed by atoms with E-state index >= 15 is 0 Å². The van der Waals surface area contributed by atoms with Crippen LogP contribution in [0.1, 0.15) is 17.2 Å². The maximum absolute atomic E-state index is 13.9. The molecule has 0 spiro atoms. The van der Waals surface area contributed by atoms with E-state index < -0.39 is 17.7 Å². The van der Waals surface area contributed by atoms with E-state index in [9.17, 15) is 8.78 Å². The van der Waals surface area contributed by atoms with Crippen molar-refractivity contribution >= 4 is 23.2 Å². The summed E-state index contributed by atoms with van der Waals surface area (Å²) >= 11 is 11.4. The van der Waals surface area contributed by atoms with Crippen LogP contribution in [-0.2, 0) is 0 Å². The van der Waals surface area contributed by atoms with Crippen LogP contribution in [-0.4, -0.2) is 7.05 Å². The summed E-state index contributed by atoms with van der Waals surface area (Å²) in [6, 6.07) is 8.32. The Kier molecular flexibility index (Phi) is 4.40. The highest BCUT2D eigenvalue weighted by atomic mass is 35.5. The van der Waals surface area contributed by atoms with Gasteiger partial charge in [0, 0.05) is 10.6 Å². The largest absolute Gasteiger partial charge is 0.309 e. The van der Waals surface area contributed by atoms with Gasteiger partial charge in [-0.15, -0.1) is 0 Å². The fourth-order valence-electron chi connectivity index (χ4n) is 1.93. The standard InChI is InChI=1S/C14H11Cl2F2N/c1-19-14(8-2-5-11(16)13(18)6-8)10-4-3-9(15)7-12(10)17/h2-7,14,19H,1H3. The van der Waals surface area contributed by atoms with Gasteiger partial charge in [0.05, 0.1) is 11.1 Å². The van der Waals surface area contributed by atoms with Gasteiger partial charge in [-0.05, 0) is 36.9 Å². The number of rotatable bonds is 3. The molecule has 19 heavy (non-hydrogen) atoms. The molecule has 0 aliphatic rings. The molecule has 1 nitrogen and oxygen atoms in total. The minimum atomic E-state index is -0.534. The van der Waals surface area contributed by atoms with E-state index in [0.717, 1.165) is 0 Å². The SMILES string of the molecule is CNC(c1ccc(Cl)c(F)c1)c1ccc(Cl)cc1F. The van der Waals surface area contributed by atoms with E-state index in [2.05, 4.69) is 5.32 Å². The van der Waals surface area contributed by atoms with Gasteiger partial charge in [-0.3, -0.25) is 0 Å². The molecule has 0 aromatic heterocycles. The minimum absolute atomic E-state index is 0.0372. The van der Waals surface area contributed by atoms with Gasteiger partial charge in [0.1, 0.15) is 11.6 Å². The quantitative estimate of drug-likeness (QED) is 0.875. The van der Waals surface area contributed by atoms with Gasteiger partial charge in [-0.25, -0.2) is 8.78 Å². The molecular formula is C14H11Cl2F2N. The van der Waals surface area contributed by atoms with E-state index in [1.807, 2.05) is 0 Å². The Morgan fingerprint density at radius 3 is 2.32 bits per heavy atom. The predicted molar refractivity (Wildman–Crippen MR) is 73.7 cm³/mol. The molecule has 1 unspecified atom stereocenters. The molecule has 1 N–H and O–H groups in total. The third-order valence-electron chi connectivity index (χ3n) is 2.84. The van der Waals surface area contributed by atoms with Gasteiger partial charge in [-0.1, -0.05) is 35.3 Å². The lowest BCUT2D eigenvalue weighted by atomic mass is 9.98. The van der Waals surface area contributed by atoms with E-state index in [1.165, 1.54) is 18.2 Å². The Balaban J connectivity index is 2.46. The van der Waals surface area contributed by atoms with Crippen LogP contribution in [0.2, 0.25) is 10.0 Å². The van der Waals surface area contributed by atoms with Crippen molar-refractivity contribution in [3.8, 4) is 0 Å². The van der Waals surface area contributed by atoms with E-state index in [0.29, 0.717) is 16.1 Å². The van der Waals surface area contributed by atoms with E-state index in [4.69, 9.17) is 23.2 Å². The average molecular weight is 302 g/mol. The smallest absolute Gasteiger partial charge is 0.142 e. The van der Waals surface area contributed by atoms with Crippen LogP contribution in [0.25, 0.3) is 0 Å². The average Bonchev–Trinajstić information content (AvgIpc) is 2.37. The molecule has 0 saturated heterocycles.